The topological polar surface area (TPSA) is 74.2 Å². The van der Waals surface area contributed by atoms with Gasteiger partial charge in [0.25, 0.3) is 5.89 Å². The van der Waals surface area contributed by atoms with Crippen LogP contribution in [0.1, 0.15) is 11.4 Å². The molecule has 1 aromatic carbocycles. The molecule has 0 unspecified atom stereocenters. The summed E-state index contributed by atoms with van der Waals surface area (Å²) in [6, 6.07) is 11.5. The molecule has 0 atom stereocenters. The van der Waals surface area contributed by atoms with Crippen LogP contribution in [0.25, 0.3) is 10.8 Å². The van der Waals surface area contributed by atoms with Gasteiger partial charge in [-0.15, -0.1) is 11.3 Å². The molecule has 0 radical (unpaired) electrons. The quantitative estimate of drug-likeness (QED) is 0.781. The van der Waals surface area contributed by atoms with Crippen molar-refractivity contribution in [1.82, 2.24) is 10.1 Å². The minimum Gasteiger partial charge on any atom is -0.485 e. The minimum absolute atomic E-state index is 0.275. The molecule has 2 aromatic heterocycles. The molecule has 0 saturated heterocycles. The van der Waals surface area contributed by atoms with Gasteiger partial charge in [-0.2, -0.15) is 4.98 Å². The molecule has 3 rings (SSSR count). The minimum atomic E-state index is 0.275. The van der Waals surface area contributed by atoms with Gasteiger partial charge < -0.3 is 15.0 Å². The van der Waals surface area contributed by atoms with E-state index in [2.05, 4.69) is 10.1 Å². The molecule has 5 nitrogen and oxygen atoms in total. The largest absolute Gasteiger partial charge is 0.485 e. The molecule has 20 heavy (non-hydrogen) atoms. The van der Waals surface area contributed by atoms with Crippen LogP contribution in [-0.4, -0.2) is 10.1 Å². The molecule has 0 amide bonds. The predicted octanol–water partition coefficient (Wildman–Crippen LogP) is 2.84. The van der Waals surface area contributed by atoms with Gasteiger partial charge in [0.1, 0.15) is 5.75 Å². The maximum absolute atomic E-state index is 5.60. The predicted molar refractivity (Wildman–Crippen MR) is 76.3 cm³/mol. The molecule has 0 fully saturated rings. The molecule has 3 aromatic rings. The monoisotopic (exact) mass is 287 g/mol. The van der Waals surface area contributed by atoms with E-state index in [0.29, 0.717) is 18.3 Å². The number of nitrogens with zero attached hydrogens (tertiary/aromatic N) is 2. The zero-order valence-electron chi connectivity index (χ0n) is 10.7. The smallest absolute Gasteiger partial charge is 0.268 e. The van der Waals surface area contributed by atoms with Crippen molar-refractivity contribution in [2.24, 2.45) is 5.73 Å². The second-order valence-electron chi connectivity index (χ2n) is 4.13. The Hall–Kier alpha value is -2.18. The lowest BCUT2D eigenvalue weighted by molar-refractivity contribution is 0.287. The first-order chi connectivity index (χ1) is 9.85. The van der Waals surface area contributed by atoms with Gasteiger partial charge in [-0.05, 0) is 29.1 Å². The van der Waals surface area contributed by atoms with Crippen molar-refractivity contribution in [3.8, 4) is 16.5 Å². The number of aromatic nitrogens is 2. The zero-order valence-corrected chi connectivity index (χ0v) is 11.5. The number of rotatable bonds is 5. The fourth-order valence-electron chi connectivity index (χ4n) is 1.68. The van der Waals surface area contributed by atoms with Crippen molar-refractivity contribution in [3.05, 3.63) is 53.2 Å². The Labute approximate surface area is 120 Å². The van der Waals surface area contributed by atoms with Gasteiger partial charge in [-0.25, -0.2) is 0 Å². The Balaban J connectivity index is 1.63. The Bertz CT molecular complexity index is 662. The van der Waals surface area contributed by atoms with Crippen molar-refractivity contribution >= 4 is 11.3 Å². The Morgan fingerprint density at radius 2 is 2.05 bits per heavy atom. The second kappa shape index (κ2) is 5.85. The van der Waals surface area contributed by atoms with Crippen LogP contribution in [0.4, 0.5) is 0 Å². The molecule has 0 saturated carbocycles. The van der Waals surface area contributed by atoms with Crippen LogP contribution >= 0.6 is 11.3 Å². The van der Waals surface area contributed by atoms with Crippen LogP contribution in [0.5, 0.6) is 5.75 Å². The van der Waals surface area contributed by atoms with Gasteiger partial charge in [0, 0.05) is 6.54 Å². The van der Waals surface area contributed by atoms with Gasteiger partial charge in [0.15, 0.2) is 6.61 Å². The normalized spacial score (nSPS) is 10.7. The van der Waals surface area contributed by atoms with Crippen LogP contribution in [0, 0.1) is 0 Å². The fraction of sp³-hybridized carbons (Fsp3) is 0.143. The number of thiophene rings is 1. The summed E-state index contributed by atoms with van der Waals surface area (Å²) in [5.74, 6) is 1.80. The molecule has 0 spiro atoms. The Morgan fingerprint density at radius 1 is 1.20 bits per heavy atom. The number of nitrogens with two attached hydrogens (primary N) is 1. The molecule has 2 heterocycles. The summed E-state index contributed by atoms with van der Waals surface area (Å²) < 4.78 is 10.8. The summed E-state index contributed by atoms with van der Waals surface area (Å²) in [5.41, 5.74) is 6.61. The van der Waals surface area contributed by atoms with E-state index in [9.17, 15) is 0 Å². The van der Waals surface area contributed by atoms with Crippen molar-refractivity contribution in [3.63, 3.8) is 0 Å². The second-order valence-corrected chi connectivity index (χ2v) is 5.08. The first-order valence-electron chi connectivity index (χ1n) is 6.13. The van der Waals surface area contributed by atoms with Crippen molar-refractivity contribution in [2.45, 2.75) is 13.2 Å². The summed E-state index contributed by atoms with van der Waals surface area (Å²) in [5, 5.41) is 5.86. The maximum atomic E-state index is 5.60. The zero-order chi connectivity index (χ0) is 13.8. The van der Waals surface area contributed by atoms with E-state index in [0.717, 1.165) is 16.2 Å². The van der Waals surface area contributed by atoms with Gasteiger partial charge in [0.05, 0.1) is 4.88 Å². The molecule has 6 heteroatoms. The fourth-order valence-corrected chi connectivity index (χ4v) is 2.33. The molecule has 102 valence electrons. The van der Waals surface area contributed by atoms with Gasteiger partial charge in [-0.1, -0.05) is 23.4 Å². The lowest BCUT2D eigenvalue weighted by Gasteiger charge is -2.03. The third-order valence-corrected chi connectivity index (χ3v) is 3.58. The molecule has 0 bridgehead atoms. The van der Waals surface area contributed by atoms with E-state index in [1.165, 1.54) is 0 Å². The van der Waals surface area contributed by atoms with E-state index < -0.39 is 0 Å². The van der Waals surface area contributed by atoms with E-state index >= 15 is 0 Å². The highest BCUT2D eigenvalue weighted by molar-refractivity contribution is 7.13. The molecule has 0 aliphatic rings. The van der Waals surface area contributed by atoms with E-state index in [4.69, 9.17) is 15.0 Å². The van der Waals surface area contributed by atoms with Crippen LogP contribution in [0.15, 0.2) is 46.3 Å². The molecule has 0 aliphatic heterocycles. The van der Waals surface area contributed by atoms with Crippen molar-refractivity contribution < 1.29 is 9.26 Å². The van der Waals surface area contributed by atoms with Crippen LogP contribution in [0.3, 0.4) is 0 Å². The molecule has 2 N–H and O–H groups in total. The standard InChI is InChI=1S/C14H13N3O2S/c15-8-10-3-5-11(6-4-10)18-9-13-16-14(19-17-13)12-2-1-7-20-12/h1-7H,8-9,15H2. The van der Waals surface area contributed by atoms with Crippen LogP contribution in [-0.2, 0) is 13.2 Å². The van der Waals surface area contributed by atoms with E-state index in [-0.39, 0.29) is 6.61 Å². The first-order valence-corrected chi connectivity index (χ1v) is 7.01. The average Bonchev–Trinajstić information content (AvgIpc) is 3.16. The van der Waals surface area contributed by atoms with Gasteiger partial charge in [0.2, 0.25) is 5.82 Å². The Kier molecular flexibility index (Phi) is 3.76. The van der Waals surface area contributed by atoms with E-state index in [1.54, 1.807) is 11.3 Å². The Morgan fingerprint density at radius 3 is 2.75 bits per heavy atom. The summed E-state index contributed by atoms with van der Waals surface area (Å²) in [4.78, 5) is 5.24. The highest BCUT2D eigenvalue weighted by atomic mass is 32.1. The summed E-state index contributed by atoms with van der Waals surface area (Å²) in [6.07, 6.45) is 0. The highest BCUT2D eigenvalue weighted by Crippen LogP contribution is 2.22. The number of hydrogen-bond acceptors (Lipinski definition) is 6. The summed E-state index contributed by atoms with van der Waals surface area (Å²) in [7, 11) is 0. The lowest BCUT2D eigenvalue weighted by atomic mass is 10.2. The molecule has 0 aliphatic carbocycles. The lowest BCUT2D eigenvalue weighted by Crippen LogP contribution is -1.99. The number of hydrogen-bond donors (Lipinski definition) is 1. The van der Waals surface area contributed by atoms with Gasteiger partial charge in [-0.3, -0.25) is 0 Å². The van der Waals surface area contributed by atoms with Crippen LogP contribution < -0.4 is 10.5 Å². The average molecular weight is 287 g/mol. The SMILES string of the molecule is NCc1ccc(OCc2noc(-c3cccs3)n2)cc1. The maximum Gasteiger partial charge on any atom is 0.268 e. The molecular weight excluding hydrogens is 274 g/mol. The van der Waals surface area contributed by atoms with Crippen LogP contribution in [0.2, 0.25) is 0 Å². The van der Waals surface area contributed by atoms with Gasteiger partial charge >= 0.3 is 0 Å². The summed E-state index contributed by atoms with van der Waals surface area (Å²) in [6.45, 7) is 0.798. The number of ether oxygens (including phenoxy) is 1. The number of benzene rings is 1. The summed E-state index contributed by atoms with van der Waals surface area (Å²) >= 11 is 1.56. The van der Waals surface area contributed by atoms with E-state index in [1.807, 2.05) is 41.8 Å². The highest BCUT2D eigenvalue weighted by Gasteiger charge is 2.09. The van der Waals surface area contributed by atoms with Crippen molar-refractivity contribution in [1.29, 1.82) is 0 Å². The third kappa shape index (κ3) is 2.87. The molecular formula is C14H13N3O2S. The third-order valence-electron chi connectivity index (χ3n) is 2.73. The first kappa shape index (κ1) is 12.8. The van der Waals surface area contributed by atoms with Crippen molar-refractivity contribution in [2.75, 3.05) is 0 Å².